The Morgan fingerprint density at radius 2 is 2.00 bits per heavy atom. The van der Waals surface area contributed by atoms with Gasteiger partial charge in [-0.25, -0.2) is 9.50 Å². The summed E-state index contributed by atoms with van der Waals surface area (Å²) in [6.07, 6.45) is 0.878. The maximum Gasteiger partial charge on any atom is 0.170 e. The Kier molecular flexibility index (Phi) is 2.89. The number of aryl methyl sites for hydroxylation is 2. The third kappa shape index (κ3) is 1.63. The predicted molar refractivity (Wildman–Crippen MR) is 69.6 cm³/mol. The molecule has 0 unspecified atom stereocenters. The first-order chi connectivity index (χ1) is 7.06. The molecule has 2 rings (SSSR count). The van der Waals surface area contributed by atoms with E-state index in [0.29, 0.717) is 5.15 Å². The highest BCUT2D eigenvalue weighted by Gasteiger charge is 2.14. The van der Waals surface area contributed by atoms with Crippen LogP contribution in [0, 0.1) is 17.4 Å². The molecule has 0 bridgehead atoms. The number of fused-ring (bicyclic) bond motifs is 1. The first kappa shape index (κ1) is 11.1. The zero-order chi connectivity index (χ0) is 11.2. The fraction of sp³-hybridized carbons (Fsp3) is 0.400. The van der Waals surface area contributed by atoms with Gasteiger partial charge in [-0.3, -0.25) is 0 Å². The molecule has 0 atom stereocenters. The molecule has 2 aromatic rings. The maximum atomic E-state index is 6.29. The molecule has 2 aromatic heterocycles. The van der Waals surface area contributed by atoms with Crippen molar-refractivity contribution in [1.29, 1.82) is 0 Å². The zero-order valence-corrected chi connectivity index (χ0v) is 11.7. The summed E-state index contributed by atoms with van der Waals surface area (Å²) in [7, 11) is 0. The van der Waals surface area contributed by atoms with Crippen molar-refractivity contribution in [2.24, 2.45) is 0 Å². The normalized spacial score (nSPS) is 11.3. The monoisotopic (exact) mass is 335 g/mol. The Balaban J connectivity index is 2.90. The smallest absolute Gasteiger partial charge is 0.170 e. The minimum atomic E-state index is 0.686. The van der Waals surface area contributed by atoms with Crippen LogP contribution in [0.2, 0.25) is 5.15 Å². The first-order valence-electron chi connectivity index (χ1n) is 4.76. The van der Waals surface area contributed by atoms with Crippen LogP contribution in [-0.2, 0) is 6.42 Å². The number of rotatable bonds is 1. The van der Waals surface area contributed by atoms with E-state index >= 15 is 0 Å². The van der Waals surface area contributed by atoms with Crippen LogP contribution in [0.15, 0.2) is 0 Å². The van der Waals surface area contributed by atoms with E-state index in [4.69, 9.17) is 11.6 Å². The minimum absolute atomic E-state index is 0.686. The number of aromatic nitrogens is 3. The average Bonchev–Trinajstić information content (AvgIpc) is 2.46. The molecule has 0 radical (unpaired) electrons. The summed E-state index contributed by atoms with van der Waals surface area (Å²) in [6, 6.07) is 0. The van der Waals surface area contributed by atoms with Gasteiger partial charge in [-0.15, -0.1) is 0 Å². The summed E-state index contributed by atoms with van der Waals surface area (Å²) in [5.41, 5.74) is 3.89. The third-order valence-electron chi connectivity index (χ3n) is 2.46. The van der Waals surface area contributed by atoms with Gasteiger partial charge in [0.2, 0.25) is 0 Å². The number of hydrogen-bond donors (Lipinski definition) is 0. The van der Waals surface area contributed by atoms with Gasteiger partial charge in [0.25, 0.3) is 0 Å². The Morgan fingerprint density at radius 1 is 1.33 bits per heavy atom. The summed E-state index contributed by atoms with van der Waals surface area (Å²) in [4.78, 5) is 4.54. The summed E-state index contributed by atoms with van der Waals surface area (Å²) in [6.45, 7) is 6.03. The van der Waals surface area contributed by atoms with Gasteiger partial charge in [-0.1, -0.05) is 18.5 Å². The second-order valence-electron chi connectivity index (χ2n) is 3.45. The molecule has 0 aliphatic rings. The van der Waals surface area contributed by atoms with Gasteiger partial charge in [0.15, 0.2) is 5.65 Å². The Morgan fingerprint density at radius 3 is 2.60 bits per heavy atom. The van der Waals surface area contributed by atoms with Crippen LogP contribution < -0.4 is 0 Å². The number of hydrogen-bond acceptors (Lipinski definition) is 2. The quantitative estimate of drug-likeness (QED) is 0.592. The van der Waals surface area contributed by atoms with E-state index < -0.39 is 0 Å². The molecule has 15 heavy (non-hydrogen) atoms. The summed E-state index contributed by atoms with van der Waals surface area (Å²) in [5.74, 6) is 0. The highest BCUT2D eigenvalue weighted by atomic mass is 127. The van der Waals surface area contributed by atoms with E-state index in [9.17, 15) is 0 Å². The SMILES string of the molecule is CCc1c(C)nc2c(I)c(C)nn2c1Cl. The topological polar surface area (TPSA) is 30.2 Å². The molecule has 0 aliphatic heterocycles. The standard InChI is InChI=1S/C10H11ClIN3/c1-4-7-5(2)13-10-8(12)6(3)14-15(10)9(7)11/h4H2,1-3H3. The molecule has 0 saturated heterocycles. The molecule has 80 valence electrons. The molecular formula is C10H11ClIN3. The van der Waals surface area contributed by atoms with E-state index in [0.717, 1.165) is 32.6 Å². The average molecular weight is 336 g/mol. The van der Waals surface area contributed by atoms with Gasteiger partial charge in [0, 0.05) is 11.3 Å². The number of halogens is 2. The highest BCUT2D eigenvalue weighted by Crippen LogP contribution is 2.24. The van der Waals surface area contributed by atoms with Crippen molar-refractivity contribution in [2.75, 3.05) is 0 Å². The van der Waals surface area contributed by atoms with Crippen LogP contribution in [0.3, 0.4) is 0 Å². The fourth-order valence-electron chi connectivity index (χ4n) is 1.63. The molecule has 5 heteroatoms. The second-order valence-corrected chi connectivity index (χ2v) is 4.89. The summed E-state index contributed by atoms with van der Waals surface area (Å²) < 4.78 is 2.80. The van der Waals surface area contributed by atoms with Gasteiger partial charge in [0.05, 0.1) is 9.26 Å². The Labute approximate surface area is 107 Å². The van der Waals surface area contributed by atoms with Gasteiger partial charge in [-0.05, 0) is 42.9 Å². The largest absolute Gasteiger partial charge is 0.232 e. The predicted octanol–water partition coefficient (Wildman–Crippen LogP) is 3.17. The molecule has 0 aliphatic carbocycles. The molecule has 2 heterocycles. The lowest BCUT2D eigenvalue weighted by Gasteiger charge is -2.06. The van der Waals surface area contributed by atoms with Crippen molar-refractivity contribution >= 4 is 39.8 Å². The van der Waals surface area contributed by atoms with Crippen molar-refractivity contribution in [3.63, 3.8) is 0 Å². The van der Waals surface area contributed by atoms with Gasteiger partial charge in [-0.2, -0.15) is 5.10 Å². The van der Waals surface area contributed by atoms with Crippen LogP contribution in [0.5, 0.6) is 0 Å². The van der Waals surface area contributed by atoms with Crippen LogP contribution >= 0.6 is 34.2 Å². The summed E-state index contributed by atoms with van der Waals surface area (Å²) >= 11 is 8.54. The molecule has 0 N–H and O–H groups in total. The lowest BCUT2D eigenvalue weighted by molar-refractivity contribution is 0.882. The van der Waals surface area contributed by atoms with Crippen LogP contribution in [-0.4, -0.2) is 14.6 Å². The van der Waals surface area contributed by atoms with Gasteiger partial charge >= 0.3 is 0 Å². The molecule has 0 amide bonds. The third-order valence-corrected chi connectivity index (χ3v) is 4.11. The van der Waals surface area contributed by atoms with Crippen molar-refractivity contribution in [1.82, 2.24) is 14.6 Å². The Hall–Kier alpha value is -0.360. The Bertz CT molecular complexity index is 533. The second kappa shape index (κ2) is 3.90. The van der Waals surface area contributed by atoms with E-state index in [1.54, 1.807) is 4.52 Å². The highest BCUT2D eigenvalue weighted by molar-refractivity contribution is 14.1. The van der Waals surface area contributed by atoms with Crippen molar-refractivity contribution < 1.29 is 0 Å². The molecule has 0 saturated carbocycles. The lowest BCUT2D eigenvalue weighted by atomic mass is 10.2. The van der Waals surface area contributed by atoms with Crippen molar-refractivity contribution in [2.45, 2.75) is 27.2 Å². The maximum absolute atomic E-state index is 6.29. The molecular weight excluding hydrogens is 324 g/mol. The van der Waals surface area contributed by atoms with Crippen LogP contribution in [0.25, 0.3) is 5.65 Å². The summed E-state index contributed by atoms with van der Waals surface area (Å²) in [5, 5.41) is 5.06. The molecule has 0 fully saturated rings. The first-order valence-corrected chi connectivity index (χ1v) is 6.21. The van der Waals surface area contributed by atoms with Crippen molar-refractivity contribution in [3.8, 4) is 0 Å². The van der Waals surface area contributed by atoms with E-state index in [-0.39, 0.29) is 0 Å². The zero-order valence-electron chi connectivity index (χ0n) is 8.80. The van der Waals surface area contributed by atoms with E-state index in [1.807, 2.05) is 13.8 Å². The van der Waals surface area contributed by atoms with E-state index in [2.05, 4.69) is 39.6 Å². The van der Waals surface area contributed by atoms with Crippen molar-refractivity contribution in [3.05, 3.63) is 25.7 Å². The van der Waals surface area contributed by atoms with E-state index in [1.165, 1.54) is 0 Å². The fourth-order valence-corrected chi connectivity index (χ4v) is 2.48. The lowest BCUT2D eigenvalue weighted by Crippen LogP contribution is -2.01. The van der Waals surface area contributed by atoms with Gasteiger partial charge in [0.1, 0.15) is 5.15 Å². The van der Waals surface area contributed by atoms with Crippen LogP contribution in [0.1, 0.15) is 23.9 Å². The minimum Gasteiger partial charge on any atom is -0.232 e. The number of nitrogens with zero attached hydrogens (tertiary/aromatic N) is 3. The molecule has 0 spiro atoms. The molecule has 0 aromatic carbocycles. The van der Waals surface area contributed by atoms with Gasteiger partial charge < -0.3 is 0 Å². The molecule has 3 nitrogen and oxygen atoms in total. The van der Waals surface area contributed by atoms with Crippen LogP contribution in [0.4, 0.5) is 0 Å².